The van der Waals surface area contributed by atoms with Gasteiger partial charge in [0.1, 0.15) is 0 Å². The van der Waals surface area contributed by atoms with Crippen molar-refractivity contribution in [3.8, 4) is 0 Å². The summed E-state index contributed by atoms with van der Waals surface area (Å²) in [6, 6.07) is 3.82. The Kier molecular flexibility index (Phi) is 4.53. The van der Waals surface area contributed by atoms with E-state index in [1.807, 2.05) is 29.4 Å². The fraction of sp³-hybridized carbons (Fsp3) is 0.400. The average Bonchev–Trinajstić information content (AvgIpc) is 3.16. The molecule has 0 atom stereocenters. The summed E-state index contributed by atoms with van der Waals surface area (Å²) in [5.74, 6) is 0. The van der Waals surface area contributed by atoms with Gasteiger partial charge in [0.15, 0.2) is 0 Å². The number of hydrogen-bond acceptors (Lipinski definition) is 4. The van der Waals surface area contributed by atoms with E-state index < -0.39 is 0 Å². The van der Waals surface area contributed by atoms with Crippen LogP contribution >= 0.6 is 11.3 Å². The summed E-state index contributed by atoms with van der Waals surface area (Å²) in [5, 5.41) is 13.4. The summed E-state index contributed by atoms with van der Waals surface area (Å²) in [6.45, 7) is 0.606. The number of thiophene rings is 1. The van der Waals surface area contributed by atoms with Crippen LogP contribution in [0.15, 0.2) is 28.8 Å². The smallest absolute Gasteiger partial charge is 0.335 e. The Labute approximate surface area is 133 Å². The molecule has 7 heteroatoms. The second kappa shape index (κ2) is 6.74. The number of carbonyl (C=O) groups is 1. The van der Waals surface area contributed by atoms with Crippen molar-refractivity contribution in [1.82, 2.24) is 20.5 Å². The van der Waals surface area contributed by atoms with Gasteiger partial charge in [0.25, 0.3) is 0 Å². The van der Waals surface area contributed by atoms with E-state index in [0.717, 1.165) is 37.0 Å². The Hall–Kier alpha value is -2.15. The van der Waals surface area contributed by atoms with E-state index in [-0.39, 0.29) is 6.03 Å². The largest absolute Gasteiger partial charge is 0.336 e. The van der Waals surface area contributed by atoms with E-state index in [1.54, 1.807) is 11.3 Å². The van der Waals surface area contributed by atoms with Crippen LogP contribution in [0, 0.1) is 0 Å². The molecule has 0 aliphatic heterocycles. The van der Waals surface area contributed by atoms with Crippen LogP contribution < -0.4 is 10.7 Å². The lowest BCUT2D eigenvalue weighted by Gasteiger charge is -2.14. The number of nitrogens with one attached hydrogen (secondary N) is 2. The second-order valence-corrected chi connectivity index (χ2v) is 6.27. The highest BCUT2D eigenvalue weighted by atomic mass is 32.1. The van der Waals surface area contributed by atoms with Gasteiger partial charge in [-0.15, -0.1) is 11.3 Å². The third kappa shape index (κ3) is 3.36. The molecule has 0 saturated heterocycles. The third-order valence-electron chi connectivity index (χ3n) is 3.73. The normalized spacial score (nSPS) is 15.6. The molecule has 1 aliphatic carbocycles. The molecule has 0 spiro atoms. The first kappa shape index (κ1) is 14.8. The number of aromatic nitrogens is 2. The highest BCUT2D eigenvalue weighted by Gasteiger charge is 2.19. The van der Waals surface area contributed by atoms with Crippen molar-refractivity contribution in [3.63, 3.8) is 0 Å². The fourth-order valence-corrected chi connectivity index (χ4v) is 3.30. The number of aryl methyl sites for hydroxylation is 1. The summed E-state index contributed by atoms with van der Waals surface area (Å²) in [6.07, 6.45) is 5.58. The number of amides is 2. The third-order valence-corrected chi connectivity index (χ3v) is 4.67. The number of nitrogens with zero attached hydrogens (tertiary/aromatic N) is 3. The SMILES string of the molecule is Cn1ncc2c1CCC/C2=N/NC(=O)NCCc1cccs1. The Morgan fingerprint density at radius 3 is 3.23 bits per heavy atom. The molecule has 2 N–H and O–H groups in total. The number of fused-ring (bicyclic) bond motifs is 1. The Balaban J connectivity index is 1.52. The molecule has 3 rings (SSSR count). The Morgan fingerprint density at radius 2 is 2.41 bits per heavy atom. The summed E-state index contributed by atoms with van der Waals surface area (Å²) in [7, 11) is 1.94. The van der Waals surface area contributed by atoms with E-state index in [4.69, 9.17) is 0 Å². The van der Waals surface area contributed by atoms with E-state index in [0.29, 0.717) is 6.54 Å². The minimum Gasteiger partial charge on any atom is -0.336 e. The van der Waals surface area contributed by atoms with Gasteiger partial charge < -0.3 is 5.32 Å². The van der Waals surface area contributed by atoms with Gasteiger partial charge in [0.2, 0.25) is 0 Å². The molecule has 0 radical (unpaired) electrons. The zero-order chi connectivity index (χ0) is 15.4. The second-order valence-electron chi connectivity index (χ2n) is 5.24. The molecule has 0 bridgehead atoms. The molecule has 2 heterocycles. The molecule has 0 fully saturated rings. The molecule has 1 aliphatic rings. The molecule has 22 heavy (non-hydrogen) atoms. The van der Waals surface area contributed by atoms with Gasteiger partial charge in [-0.05, 0) is 37.1 Å². The van der Waals surface area contributed by atoms with Gasteiger partial charge >= 0.3 is 6.03 Å². The molecule has 2 aromatic rings. The fourth-order valence-electron chi connectivity index (χ4n) is 2.59. The van der Waals surface area contributed by atoms with Gasteiger partial charge in [-0.2, -0.15) is 10.2 Å². The number of urea groups is 1. The lowest BCUT2D eigenvalue weighted by Crippen LogP contribution is -2.34. The van der Waals surface area contributed by atoms with Gasteiger partial charge in [-0.25, -0.2) is 10.2 Å². The maximum Gasteiger partial charge on any atom is 0.335 e. The number of rotatable bonds is 4. The summed E-state index contributed by atoms with van der Waals surface area (Å²) in [4.78, 5) is 13.0. The first-order valence-electron chi connectivity index (χ1n) is 7.38. The van der Waals surface area contributed by atoms with Gasteiger partial charge in [0.05, 0.1) is 11.9 Å². The zero-order valence-corrected chi connectivity index (χ0v) is 13.3. The Morgan fingerprint density at radius 1 is 1.50 bits per heavy atom. The number of carbonyl (C=O) groups excluding carboxylic acids is 1. The van der Waals surface area contributed by atoms with E-state index in [1.165, 1.54) is 10.6 Å². The predicted molar refractivity (Wildman–Crippen MR) is 87.2 cm³/mol. The van der Waals surface area contributed by atoms with Crippen LogP contribution in [0.1, 0.15) is 29.0 Å². The van der Waals surface area contributed by atoms with Crippen LogP contribution in [-0.4, -0.2) is 28.1 Å². The van der Waals surface area contributed by atoms with Gasteiger partial charge in [0, 0.05) is 29.7 Å². The van der Waals surface area contributed by atoms with Crippen LogP contribution in [0.4, 0.5) is 4.79 Å². The van der Waals surface area contributed by atoms with Crippen LogP contribution in [0.5, 0.6) is 0 Å². The maximum absolute atomic E-state index is 11.8. The minimum absolute atomic E-state index is 0.264. The van der Waals surface area contributed by atoms with Crippen LogP contribution in [0.2, 0.25) is 0 Å². The van der Waals surface area contributed by atoms with Crippen molar-refractivity contribution in [2.45, 2.75) is 25.7 Å². The minimum atomic E-state index is -0.264. The Bertz CT molecular complexity index is 674. The average molecular weight is 317 g/mol. The summed E-state index contributed by atoms with van der Waals surface area (Å²) < 4.78 is 1.88. The molecule has 116 valence electrons. The first-order chi connectivity index (χ1) is 10.7. The van der Waals surface area contributed by atoms with Crippen LogP contribution in [0.25, 0.3) is 0 Å². The van der Waals surface area contributed by atoms with Crippen molar-refractivity contribution in [2.24, 2.45) is 12.1 Å². The topological polar surface area (TPSA) is 71.3 Å². The lowest BCUT2D eigenvalue weighted by molar-refractivity contribution is 0.241. The maximum atomic E-state index is 11.8. The molecule has 2 aromatic heterocycles. The molecule has 0 unspecified atom stereocenters. The number of hydrazone groups is 1. The lowest BCUT2D eigenvalue weighted by atomic mass is 9.96. The van der Waals surface area contributed by atoms with E-state index in [2.05, 4.69) is 27.0 Å². The predicted octanol–water partition coefficient (Wildman–Crippen LogP) is 2.06. The highest BCUT2D eigenvalue weighted by molar-refractivity contribution is 7.09. The quantitative estimate of drug-likeness (QED) is 0.847. The molecular formula is C15H19N5OS. The van der Waals surface area contributed by atoms with Crippen LogP contribution in [-0.2, 0) is 19.9 Å². The molecule has 6 nitrogen and oxygen atoms in total. The van der Waals surface area contributed by atoms with Crippen molar-refractivity contribution in [3.05, 3.63) is 39.8 Å². The van der Waals surface area contributed by atoms with Gasteiger partial charge in [-0.3, -0.25) is 4.68 Å². The molecule has 2 amide bonds. The van der Waals surface area contributed by atoms with Crippen molar-refractivity contribution < 1.29 is 4.79 Å². The molecular weight excluding hydrogens is 298 g/mol. The standard InChI is InChI=1S/C15H19N5OS/c1-20-14-6-2-5-13(12(14)10-17-20)18-19-15(21)16-8-7-11-4-3-9-22-11/h3-4,9-10H,2,5-8H2,1H3,(H2,16,19,21)/b18-13-. The number of hydrogen-bond donors (Lipinski definition) is 2. The van der Waals surface area contributed by atoms with Crippen molar-refractivity contribution in [2.75, 3.05) is 6.54 Å². The molecule has 0 saturated carbocycles. The van der Waals surface area contributed by atoms with E-state index >= 15 is 0 Å². The summed E-state index contributed by atoms with van der Waals surface area (Å²) >= 11 is 1.70. The van der Waals surface area contributed by atoms with Crippen molar-refractivity contribution >= 4 is 23.1 Å². The van der Waals surface area contributed by atoms with Crippen molar-refractivity contribution in [1.29, 1.82) is 0 Å². The van der Waals surface area contributed by atoms with Crippen LogP contribution in [0.3, 0.4) is 0 Å². The first-order valence-corrected chi connectivity index (χ1v) is 8.26. The van der Waals surface area contributed by atoms with Gasteiger partial charge in [-0.1, -0.05) is 6.07 Å². The van der Waals surface area contributed by atoms with E-state index in [9.17, 15) is 4.79 Å². The monoisotopic (exact) mass is 317 g/mol. The summed E-state index contributed by atoms with van der Waals surface area (Å²) in [5.41, 5.74) is 5.73. The zero-order valence-electron chi connectivity index (χ0n) is 12.5. The molecule has 0 aromatic carbocycles. The highest BCUT2D eigenvalue weighted by Crippen LogP contribution is 2.20.